The number of phenols is 1. The third kappa shape index (κ3) is 2.17. The molecule has 0 amide bonds. The van der Waals surface area contributed by atoms with Crippen LogP contribution in [0.4, 0.5) is 0 Å². The summed E-state index contributed by atoms with van der Waals surface area (Å²) in [4.78, 5) is 0. The van der Waals surface area contributed by atoms with Gasteiger partial charge in [0.25, 0.3) is 0 Å². The molecule has 1 aliphatic heterocycles. The van der Waals surface area contributed by atoms with E-state index in [1.807, 2.05) is 24.3 Å². The molecule has 110 valence electrons. The smallest absolute Gasteiger partial charge is 0.164 e. The molecule has 0 bridgehead atoms. The number of para-hydroxylation sites is 1. The average Bonchev–Trinajstić information content (AvgIpc) is 2.83. The summed E-state index contributed by atoms with van der Waals surface area (Å²) in [7, 11) is 3.18. The van der Waals surface area contributed by atoms with Crippen molar-refractivity contribution in [2.24, 2.45) is 0 Å². The lowest BCUT2D eigenvalue weighted by Crippen LogP contribution is -2.08. The summed E-state index contributed by atoms with van der Waals surface area (Å²) in [6, 6.07) is 11.3. The van der Waals surface area contributed by atoms with Crippen molar-refractivity contribution >= 4 is 0 Å². The Morgan fingerprint density at radius 2 is 1.71 bits per heavy atom. The monoisotopic (exact) mass is 286 g/mol. The molecule has 21 heavy (non-hydrogen) atoms. The fraction of sp³-hybridized carbons (Fsp3) is 0.294. The summed E-state index contributed by atoms with van der Waals surface area (Å²) in [6.45, 7) is 2.08. The second-order valence-electron chi connectivity index (χ2n) is 5.13. The van der Waals surface area contributed by atoms with Gasteiger partial charge in [-0.15, -0.1) is 0 Å². The molecule has 4 heteroatoms. The van der Waals surface area contributed by atoms with E-state index in [-0.39, 0.29) is 17.8 Å². The first-order valence-corrected chi connectivity index (χ1v) is 6.86. The minimum atomic E-state index is -0.136. The number of hydrogen-bond acceptors (Lipinski definition) is 4. The molecule has 0 unspecified atom stereocenters. The van der Waals surface area contributed by atoms with Crippen molar-refractivity contribution in [1.82, 2.24) is 0 Å². The number of rotatable bonds is 3. The van der Waals surface area contributed by atoms with Gasteiger partial charge < -0.3 is 19.3 Å². The van der Waals surface area contributed by atoms with Crippen molar-refractivity contribution in [2.45, 2.75) is 18.9 Å². The topological polar surface area (TPSA) is 47.9 Å². The van der Waals surface area contributed by atoms with Crippen molar-refractivity contribution in [1.29, 1.82) is 0 Å². The number of benzene rings is 2. The highest BCUT2D eigenvalue weighted by atomic mass is 16.5. The Balaban J connectivity index is 2.02. The SMILES string of the molecule is COc1cc2c(cc1O)[C@H](C)[C@@H](c1ccccc1OC)O2. The number of ether oxygens (including phenoxy) is 3. The van der Waals surface area contributed by atoms with E-state index in [0.29, 0.717) is 5.75 Å². The van der Waals surface area contributed by atoms with Crippen LogP contribution < -0.4 is 14.2 Å². The van der Waals surface area contributed by atoms with E-state index in [9.17, 15) is 5.11 Å². The molecule has 2 aromatic carbocycles. The summed E-state index contributed by atoms with van der Waals surface area (Å²) in [5.74, 6) is 2.22. The predicted octanol–water partition coefficient (Wildman–Crippen LogP) is 3.65. The Bertz CT molecular complexity index is 666. The van der Waals surface area contributed by atoms with E-state index in [1.54, 1.807) is 19.2 Å². The highest BCUT2D eigenvalue weighted by molar-refractivity contribution is 5.54. The Morgan fingerprint density at radius 3 is 2.43 bits per heavy atom. The lowest BCUT2D eigenvalue weighted by Gasteiger charge is -2.18. The van der Waals surface area contributed by atoms with Gasteiger partial charge in [0.2, 0.25) is 0 Å². The lowest BCUT2D eigenvalue weighted by molar-refractivity contribution is 0.209. The Labute approximate surface area is 123 Å². The Kier molecular flexibility index (Phi) is 3.37. The number of fused-ring (bicyclic) bond motifs is 1. The van der Waals surface area contributed by atoms with Crippen LogP contribution in [0.25, 0.3) is 0 Å². The Hall–Kier alpha value is -2.36. The van der Waals surface area contributed by atoms with Crippen molar-refractivity contribution < 1.29 is 19.3 Å². The first-order chi connectivity index (χ1) is 10.2. The summed E-state index contributed by atoms with van der Waals surface area (Å²) < 4.78 is 16.6. The van der Waals surface area contributed by atoms with Gasteiger partial charge in [-0.3, -0.25) is 0 Å². The molecule has 0 fully saturated rings. The largest absolute Gasteiger partial charge is 0.504 e. The van der Waals surface area contributed by atoms with E-state index in [0.717, 1.165) is 22.6 Å². The zero-order valence-electron chi connectivity index (χ0n) is 12.3. The van der Waals surface area contributed by atoms with Gasteiger partial charge in [-0.1, -0.05) is 25.1 Å². The van der Waals surface area contributed by atoms with Crippen molar-refractivity contribution in [2.75, 3.05) is 14.2 Å². The molecule has 1 N–H and O–H groups in total. The van der Waals surface area contributed by atoms with Gasteiger partial charge in [0.15, 0.2) is 11.5 Å². The van der Waals surface area contributed by atoms with Gasteiger partial charge in [-0.05, 0) is 12.1 Å². The molecule has 4 nitrogen and oxygen atoms in total. The predicted molar refractivity (Wildman–Crippen MR) is 79.4 cm³/mol. The van der Waals surface area contributed by atoms with Crippen LogP contribution in [0.5, 0.6) is 23.0 Å². The highest BCUT2D eigenvalue weighted by Crippen LogP contribution is 2.50. The molecule has 0 aliphatic carbocycles. The van der Waals surface area contributed by atoms with Gasteiger partial charge in [0, 0.05) is 23.1 Å². The van der Waals surface area contributed by atoms with Gasteiger partial charge in [0.1, 0.15) is 17.6 Å². The molecule has 0 saturated heterocycles. The molecule has 2 aromatic rings. The molecular formula is C17H18O4. The third-order valence-corrected chi connectivity index (χ3v) is 3.96. The molecule has 2 atom stereocenters. The van der Waals surface area contributed by atoms with Crippen LogP contribution in [-0.2, 0) is 0 Å². The van der Waals surface area contributed by atoms with Crippen LogP contribution in [0.3, 0.4) is 0 Å². The van der Waals surface area contributed by atoms with E-state index in [4.69, 9.17) is 14.2 Å². The normalized spacial score (nSPS) is 19.8. The molecule has 1 heterocycles. The molecule has 1 aliphatic rings. The maximum Gasteiger partial charge on any atom is 0.164 e. The van der Waals surface area contributed by atoms with Crippen LogP contribution >= 0.6 is 0 Å². The van der Waals surface area contributed by atoms with Crippen LogP contribution in [0.2, 0.25) is 0 Å². The van der Waals surface area contributed by atoms with E-state index in [1.165, 1.54) is 7.11 Å². The fourth-order valence-corrected chi connectivity index (χ4v) is 2.82. The van der Waals surface area contributed by atoms with Gasteiger partial charge in [-0.25, -0.2) is 0 Å². The Morgan fingerprint density at radius 1 is 1.00 bits per heavy atom. The summed E-state index contributed by atoms with van der Waals surface area (Å²) in [5.41, 5.74) is 1.98. The van der Waals surface area contributed by atoms with Crippen molar-refractivity contribution in [3.05, 3.63) is 47.5 Å². The van der Waals surface area contributed by atoms with Gasteiger partial charge >= 0.3 is 0 Å². The van der Waals surface area contributed by atoms with Crippen LogP contribution in [0.15, 0.2) is 36.4 Å². The summed E-state index contributed by atoms with van der Waals surface area (Å²) in [6.07, 6.45) is -0.136. The minimum absolute atomic E-state index is 0.119. The summed E-state index contributed by atoms with van der Waals surface area (Å²) in [5, 5.41) is 9.94. The molecule has 0 aromatic heterocycles. The van der Waals surface area contributed by atoms with Crippen molar-refractivity contribution in [3.8, 4) is 23.0 Å². The summed E-state index contributed by atoms with van der Waals surface area (Å²) >= 11 is 0. The van der Waals surface area contributed by atoms with Crippen molar-refractivity contribution in [3.63, 3.8) is 0 Å². The van der Waals surface area contributed by atoms with Crippen LogP contribution in [0, 0.1) is 0 Å². The molecular weight excluding hydrogens is 268 g/mol. The standard InChI is InChI=1S/C17H18O4/c1-10-12-8-13(18)16(20-3)9-15(12)21-17(10)11-6-4-5-7-14(11)19-2/h4-10,17-18H,1-3H3/t10-,17-/m0/s1. The maximum atomic E-state index is 9.94. The first-order valence-electron chi connectivity index (χ1n) is 6.86. The third-order valence-electron chi connectivity index (χ3n) is 3.96. The molecule has 0 saturated carbocycles. The van der Waals surface area contributed by atoms with E-state index >= 15 is 0 Å². The van der Waals surface area contributed by atoms with Crippen LogP contribution in [0.1, 0.15) is 30.1 Å². The number of hydrogen-bond donors (Lipinski definition) is 1. The number of aromatic hydroxyl groups is 1. The second-order valence-corrected chi connectivity index (χ2v) is 5.13. The zero-order chi connectivity index (χ0) is 15.0. The number of methoxy groups -OCH3 is 2. The average molecular weight is 286 g/mol. The molecule has 0 spiro atoms. The lowest BCUT2D eigenvalue weighted by atomic mass is 9.92. The number of phenolic OH excluding ortho intramolecular Hbond substituents is 1. The quantitative estimate of drug-likeness (QED) is 0.935. The maximum absolute atomic E-state index is 9.94. The van der Waals surface area contributed by atoms with E-state index < -0.39 is 0 Å². The first kappa shape index (κ1) is 13.6. The van der Waals surface area contributed by atoms with Gasteiger partial charge in [-0.2, -0.15) is 0 Å². The van der Waals surface area contributed by atoms with Gasteiger partial charge in [0.05, 0.1) is 14.2 Å². The fourth-order valence-electron chi connectivity index (χ4n) is 2.82. The molecule has 3 rings (SSSR count). The zero-order valence-corrected chi connectivity index (χ0v) is 12.3. The minimum Gasteiger partial charge on any atom is -0.504 e. The van der Waals surface area contributed by atoms with Crippen LogP contribution in [-0.4, -0.2) is 19.3 Å². The molecule has 0 radical (unpaired) electrons. The van der Waals surface area contributed by atoms with E-state index in [2.05, 4.69) is 6.92 Å². The highest BCUT2D eigenvalue weighted by Gasteiger charge is 2.35. The second kappa shape index (κ2) is 5.20.